The highest BCUT2D eigenvalue weighted by Crippen LogP contribution is 2.32. The molecule has 2 unspecified atom stereocenters. The first-order valence-electron chi connectivity index (χ1n) is 5.56. The molecule has 2 atom stereocenters. The first-order chi connectivity index (χ1) is 7.38. The van der Waals surface area contributed by atoms with Crippen molar-refractivity contribution in [3.63, 3.8) is 0 Å². The Morgan fingerprint density at radius 3 is 2.56 bits per heavy atom. The molecule has 2 rings (SSSR count). The maximum atomic E-state index is 11.7. The Hall–Kier alpha value is -0.723. The maximum Gasteiger partial charge on any atom is 0.365 e. The van der Waals surface area contributed by atoms with Crippen molar-refractivity contribution in [3.05, 3.63) is 0 Å². The van der Waals surface area contributed by atoms with Gasteiger partial charge in [-0.1, -0.05) is 0 Å². The van der Waals surface area contributed by atoms with Crippen LogP contribution in [0.5, 0.6) is 0 Å². The molecule has 0 bridgehead atoms. The fourth-order valence-corrected chi connectivity index (χ4v) is 2.36. The van der Waals surface area contributed by atoms with E-state index in [9.17, 15) is 9.59 Å². The molecule has 0 amide bonds. The number of ketones is 1. The summed E-state index contributed by atoms with van der Waals surface area (Å²) < 4.78 is 5.07. The smallest absolute Gasteiger partial charge is 0.308 e. The molecule has 2 fully saturated rings. The molecule has 0 aromatic heterocycles. The van der Waals surface area contributed by atoms with E-state index in [1.165, 1.54) is 0 Å². The van der Waals surface area contributed by atoms with Gasteiger partial charge in [0.1, 0.15) is 0 Å². The third-order valence-electron chi connectivity index (χ3n) is 2.86. The topological polar surface area (TPSA) is 55.8 Å². The summed E-state index contributed by atoms with van der Waals surface area (Å²) in [6.45, 7) is 6.57. The van der Waals surface area contributed by atoms with E-state index in [0.717, 1.165) is 13.0 Å². The van der Waals surface area contributed by atoms with E-state index in [1.54, 1.807) is 0 Å². The zero-order valence-electron chi connectivity index (χ0n) is 9.86. The van der Waals surface area contributed by atoms with Crippen molar-refractivity contribution in [2.24, 2.45) is 0 Å². The molecule has 0 saturated carbocycles. The number of fused-ring (bicyclic) bond motifs is 1. The van der Waals surface area contributed by atoms with Gasteiger partial charge in [-0.25, -0.2) is 9.37 Å². The average Bonchev–Trinajstić information content (AvgIpc) is 2.35. The summed E-state index contributed by atoms with van der Waals surface area (Å²) in [6.07, 6.45) is 1.48. The van der Waals surface area contributed by atoms with E-state index in [-0.39, 0.29) is 11.8 Å². The highest BCUT2D eigenvalue weighted by Gasteiger charge is 2.50. The highest BCUT2D eigenvalue weighted by molar-refractivity contribution is 6.69. The lowest BCUT2D eigenvalue weighted by atomic mass is 10.1. The summed E-state index contributed by atoms with van der Waals surface area (Å²) in [5, 5.41) is 0. The van der Waals surface area contributed by atoms with Gasteiger partial charge in [0, 0.05) is 19.0 Å². The molecule has 6 heteroatoms. The summed E-state index contributed by atoms with van der Waals surface area (Å²) in [5.41, 5.74) is 0. The third kappa shape index (κ3) is 2.18. The van der Waals surface area contributed by atoms with Crippen LogP contribution in [0.15, 0.2) is 0 Å². The van der Waals surface area contributed by atoms with Gasteiger partial charge in [0.25, 0.3) is 0 Å². The molecule has 0 aromatic rings. The van der Waals surface area contributed by atoms with E-state index >= 15 is 0 Å². The first kappa shape index (κ1) is 11.8. The lowest BCUT2D eigenvalue weighted by Crippen LogP contribution is -2.51. The van der Waals surface area contributed by atoms with Gasteiger partial charge < -0.3 is 4.89 Å². The molecule has 0 radical (unpaired) electrons. The average molecular weight is 243 g/mol. The van der Waals surface area contributed by atoms with Crippen LogP contribution < -0.4 is 0 Å². The second-order valence-corrected chi connectivity index (χ2v) is 9.74. The van der Waals surface area contributed by atoms with Gasteiger partial charge in [0.15, 0.2) is 11.8 Å². The zero-order chi connectivity index (χ0) is 11.9. The summed E-state index contributed by atoms with van der Waals surface area (Å²) in [5.74, 6) is -0.582. The van der Waals surface area contributed by atoms with E-state index in [2.05, 4.69) is 0 Å². The highest BCUT2D eigenvalue weighted by atomic mass is 28.4. The molecule has 0 spiro atoms. The van der Waals surface area contributed by atoms with Crippen LogP contribution in [-0.4, -0.2) is 43.6 Å². The Kier molecular flexibility index (Phi) is 2.89. The van der Waals surface area contributed by atoms with Crippen LogP contribution in [0, 0.1) is 0 Å². The Morgan fingerprint density at radius 2 is 2.12 bits per heavy atom. The van der Waals surface area contributed by atoms with Crippen molar-refractivity contribution >= 4 is 20.1 Å². The second kappa shape index (κ2) is 3.94. The second-order valence-electron chi connectivity index (χ2n) is 5.35. The van der Waals surface area contributed by atoms with Gasteiger partial charge in [-0.15, -0.1) is 0 Å². The molecule has 90 valence electrons. The van der Waals surface area contributed by atoms with Gasteiger partial charge in [0.05, 0.1) is 0 Å². The third-order valence-corrected chi connectivity index (χ3v) is 3.44. The molecule has 0 N–H and O–H groups in total. The Balaban J connectivity index is 1.92. The van der Waals surface area contributed by atoms with Gasteiger partial charge in [-0.05, 0) is 26.1 Å². The molecule has 2 aliphatic heterocycles. The van der Waals surface area contributed by atoms with E-state index in [1.807, 2.05) is 24.5 Å². The van der Waals surface area contributed by atoms with E-state index in [4.69, 9.17) is 9.46 Å². The molecule has 2 heterocycles. The predicted molar refractivity (Wildman–Crippen MR) is 59.0 cm³/mol. The number of nitrogens with zero attached hydrogens (tertiary/aromatic N) is 1. The fourth-order valence-electron chi connectivity index (χ4n) is 2.03. The minimum Gasteiger partial charge on any atom is -0.308 e. The SMILES string of the molecule is C[Si](C)(C)OOC(=O)C1C(=O)CC2CCN21. The van der Waals surface area contributed by atoms with E-state index < -0.39 is 20.3 Å². The van der Waals surface area contributed by atoms with Gasteiger partial charge in [-0.2, -0.15) is 0 Å². The van der Waals surface area contributed by atoms with Crippen LogP contribution in [0.1, 0.15) is 12.8 Å². The molecule has 2 saturated heterocycles. The number of carbonyl (C=O) groups excluding carboxylic acids is 2. The number of hydrogen-bond acceptors (Lipinski definition) is 5. The van der Waals surface area contributed by atoms with Gasteiger partial charge in [-0.3, -0.25) is 9.69 Å². The zero-order valence-corrected chi connectivity index (χ0v) is 10.9. The van der Waals surface area contributed by atoms with Crippen LogP contribution in [-0.2, 0) is 19.1 Å². The van der Waals surface area contributed by atoms with Crippen LogP contribution >= 0.6 is 0 Å². The van der Waals surface area contributed by atoms with Gasteiger partial charge in [0.2, 0.25) is 8.32 Å². The first-order valence-corrected chi connectivity index (χ1v) is 8.97. The van der Waals surface area contributed by atoms with Crippen molar-refractivity contribution in [1.82, 2.24) is 4.90 Å². The monoisotopic (exact) mass is 243 g/mol. The van der Waals surface area contributed by atoms with Crippen LogP contribution in [0.25, 0.3) is 0 Å². The van der Waals surface area contributed by atoms with Gasteiger partial charge >= 0.3 is 5.97 Å². The van der Waals surface area contributed by atoms with Crippen LogP contribution in [0.4, 0.5) is 0 Å². The lowest BCUT2D eigenvalue weighted by molar-refractivity contribution is -0.225. The number of hydrogen-bond donors (Lipinski definition) is 0. The summed E-state index contributed by atoms with van der Waals surface area (Å²) in [6, 6.07) is -0.452. The van der Waals surface area contributed by atoms with Crippen LogP contribution in [0.2, 0.25) is 19.6 Å². The molecule has 5 nitrogen and oxygen atoms in total. The molecule has 2 aliphatic rings. The van der Waals surface area contributed by atoms with E-state index in [0.29, 0.717) is 6.42 Å². The predicted octanol–water partition coefficient (Wildman–Crippen LogP) is 0.712. The number of rotatable bonds is 3. The Morgan fingerprint density at radius 1 is 1.44 bits per heavy atom. The van der Waals surface area contributed by atoms with Crippen molar-refractivity contribution in [2.45, 2.75) is 44.6 Å². The fraction of sp³-hybridized carbons (Fsp3) is 0.800. The standard InChI is InChI=1S/C10H17NO4Si/c1-16(2,3)15-14-10(13)9-8(12)6-7-4-5-11(7)9/h7,9H,4-6H2,1-3H3. The minimum atomic E-state index is -1.89. The normalized spacial score (nSPS) is 29.8. The quantitative estimate of drug-likeness (QED) is 0.316. The number of Topliss-reactive ketones (excluding diaryl/α,β-unsaturated/α-hetero) is 1. The maximum absolute atomic E-state index is 11.7. The summed E-state index contributed by atoms with van der Waals surface area (Å²) >= 11 is 0. The summed E-state index contributed by atoms with van der Waals surface area (Å²) in [4.78, 5) is 30.0. The van der Waals surface area contributed by atoms with Crippen molar-refractivity contribution in [1.29, 1.82) is 0 Å². The molecule has 16 heavy (non-hydrogen) atoms. The van der Waals surface area contributed by atoms with Crippen molar-refractivity contribution in [3.8, 4) is 0 Å². The largest absolute Gasteiger partial charge is 0.365 e. The number of carbonyl (C=O) groups is 2. The Bertz CT molecular complexity index is 325. The van der Waals surface area contributed by atoms with Crippen molar-refractivity contribution in [2.75, 3.05) is 6.54 Å². The molecule has 0 aliphatic carbocycles. The lowest BCUT2D eigenvalue weighted by Gasteiger charge is -2.36. The van der Waals surface area contributed by atoms with Crippen molar-refractivity contribution < 1.29 is 19.1 Å². The Labute approximate surface area is 95.8 Å². The molecule has 0 aromatic carbocycles. The molecular weight excluding hydrogens is 226 g/mol. The minimum absolute atomic E-state index is 0.0355. The summed E-state index contributed by atoms with van der Waals surface area (Å²) in [7, 11) is -1.89. The molecular formula is C10H17NO4Si. The van der Waals surface area contributed by atoms with Crippen LogP contribution in [0.3, 0.4) is 0 Å².